The highest BCUT2D eigenvalue weighted by Gasteiger charge is 2.46. The van der Waals surface area contributed by atoms with Crippen molar-refractivity contribution < 1.29 is 13.9 Å². The number of hydrogen-bond acceptors (Lipinski definition) is 5. The molecule has 6 rings (SSSR count). The van der Waals surface area contributed by atoms with Crippen LogP contribution in [0.25, 0.3) is 33.8 Å². The van der Waals surface area contributed by atoms with Crippen molar-refractivity contribution >= 4 is 5.91 Å². The Labute approximate surface area is 213 Å². The van der Waals surface area contributed by atoms with Crippen LogP contribution in [0.2, 0.25) is 0 Å². The second kappa shape index (κ2) is 8.30. The zero-order valence-corrected chi connectivity index (χ0v) is 20.8. The van der Waals surface area contributed by atoms with Gasteiger partial charge in [0.25, 0.3) is 5.91 Å². The number of carbonyl (C=O) groups excluding carboxylic acids is 1. The van der Waals surface area contributed by atoms with Gasteiger partial charge in [-0.25, -0.2) is 9.37 Å². The number of methoxy groups -OCH3 is 1. The van der Waals surface area contributed by atoms with Crippen molar-refractivity contribution in [3.63, 3.8) is 0 Å². The van der Waals surface area contributed by atoms with E-state index in [1.54, 1.807) is 35.7 Å². The molecule has 1 amide bonds. The first-order chi connectivity index (χ1) is 17.8. The molecule has 0 spiro atoms. The second-order valence-corrected chi connectivity index (χ2v) is 9.72. The van der Waals surface area contributed by atoms with Gasteiger partial charge in [-0.1, -0.05) is 0 Å². The fourth-order valence-electron chi connectivity index (χ4n) is 5.25. The van der Waals surface area contributed by atoms with E-state index in [1.165, 1.54) is 12.1 Å². The van der Waals surface area contributed by atoms with Crippen LogP contribution >= 0.6 is 0 Å². The highest BCUT2D eigenvalue weighted by atomic mass is 19.1. The summed E-state index contributed by atoms with van der Waals surface area (Å²) in [5.41, 5.74) is 4.83. The van der Waals surface area contributed by atoms with Crippen molar-refractivity contribution in [2.75, 3.05) is 13.7 Å². The molecule has 2 aromatic heterocycles. The third kappa shape index (κ3) is 3.51. The molecule has 2 aliphatic heterocycles. The van der Waals surface area contributed by atoms with Crippen molar-refractivity contribution in [2.24, 2.45) is 7.05 Å². The molecule has 4 heterocycles. The molecule has 1 saturated heterocycles. The highest BCUT2D eigenvalue weighted by molar-refractivity contribution is 5.96. The van der Waals surface area contributed by atoms with Crippen LogP contribution < -0.4 is 4.74 Å². The van der Waals surface area contributed by atoms with Gasteiger partial charge in [0.2, 0.25) is 0 Å². The van der Waals surface area contributed by atoms with Gasteiger partial charge in [0, 0.05) is 49.4 Å². The summed E-state index contributed by atoms with van der Waals surface area (Å²) < 4.78 is 23.2. The fourth-order valence-corrected chi connectivity index (χ4v) is 5.25. The van der Waals surface area contributed by atoms with E-state index in [4.69, 9.17) is 9.72 Å². The van der Waals surface area contributed by atoms with Gasteiger partial charge in [0.1, 0.15) is 17.1 Å². The lowest BCUT2D eigenvalue weighted by Crippen LogP contribution is -2.59. The summed E-state index contributed by atoms with van der Waals surface area (Å²) in [6.07, 6.45) is 3.18. The molecular formula is C28H25FN6O2. The molecule has 1 atom stereocenters. The Bertz CT molecular complexity index is 1600. The molecule has 9 heteroatoms. The van der Waals surface area contributed by atoms with Crippen LogP contribution in [0.1, 0.15) is 29.5 Å². The summed E-state index contributed by atoms with van der Waals surface area (Å²) in [5, 5.41) is 14.2. The Morgan fingerprint density at radius 3 is 2.57 bits per heavy atom. The quantitative estimate of drug-likeness (QED) is 0.417. The molecule has 4 aromatic rings. The topological polar surface area (TPSA) is 89.0 Å². The number of fused-ring (bicyclic) bond motifs is 3. The minimum absolute atomic E-state index is 0.271. The molecule has 2 aliphatic rings. The number of carbonyl (C=O) groups is 1. The molecule has 186 valence electrons. The Morgan fingerprint density at radius 2 is 1.95 bits per heavy atom. The minimum Gasteiger partial charge on any atom is -0.496 e. The van der Waals surface area contributed by atoms with Gasteiger partial charge in [-0.15, -0.1) is 0 Å². The van der Waals surface area contributed by atoms with E-state index in [1.807, 2.05) is 36.0 Å². The van der Waals surface area contributed by atoms with Crippen molar-refractivity contribution in [3.8, 4) is 45.6 Å². The van der Waals surface area contributed by atoms with Gasteiger partial charge in [-0.2, -0.15) is 10.4 Å². The van der Waals surface area contributed by atoms with Crippen LogP contribution in [0.15, 0.2) is 48.7 Å². The number of rotatable bonds is 4. The van der Waals surface area contributed by atoms with Crippen LogP contribution in [0, 0.1) is 17.1 Å². The summed E-state index contributed by atoms with van der Waals surface area (Å²) in [4.78, 5) is 20.1. The minimum atomic E-state index is -0.842. The number of amides is 1. The molecule has 37 heavy (non-hydrogen) atoms. The highest BCUT2D eigenvalue weighted by Crippen LogP contribution is 2.44. The zero-order valence-electron chi connectivity index (χ0n) is 20.8. The first-order valence-corrected chi connectivity index (χ1v) is 12.1. The van der Waals surface area contributed by atoms with Crippen LogP contribution in [0.4, 0.5) is 4.39 Å². The monoisotopic (exact) mass is 496 g/mol. The van der Waals surface area contributed by atoms with Crippen molar-refractivity contribution in [1.29, 1.82) is 5.26 Å². The fraction of sp³-hybridized carbons (Fsp3) is 0.286. The van der Waals surface area contributed by atoms with Crippen LogP contribution in [-0.2, 0) is 20.0 Å². The van der Waals surface area contributed by atoms with Gasteiger partial charge < -0.3 is 14.2 Å². The van der Waals surface area contributed by atoms with E-state index >= 15 is 0 Å². The van der Waals surface area contributed by atoms with Crippen LogP contribution in [0.5, 0.6) is 5.75 Å². The van der Waals surface area contributed by atoms with E-state index in [0.29, 0.717) is 37.2 Å². The first kappa shape index (κ1) is 23.0. The molecule has 0 unspecified atom stereocenters. The molecule has 2 aromatic carbocycles. The number of benzene rings is 2. The molecule has 0 radical (unpaired) electrons. The lowest BCUT2D eigenvalue weighted by molar-refractivity contribution is 0.0287. The van der Waals surface area contributed by atoms with Gasteiger partial charge in [-0.05, 0) is 61.4 Å². The number of nitriles is 1. The lowest BCUT2D eigenvalue weighted by atomic mass is 9.88. The van der Waals surface area contributed by atoms with Crippen LogP contribution in [-0.4, -0.2) is 49.3 Å². The maximum Gasteiger partial charge on any atom is 0.291 e. The predicted molar refractivity (Wildman–Crippen MR) is 135 cm³/mol. The number of hydrogen-bond donors (Lipinski definition) is 0. The van der Waals surface area contributed by atoms with Gasteiger partial charge in [0.15, 0.2) is 5.82 Å². The Hall–Kier alpha value is -4.45. The smallest absolute Gasteiger partial charge is 0.291 e. The maximum atomic E-state index is 13.8. The van der Waals surface area contributed by atoms with E-state index in [-0.39, 0.29) is 17.5 Å². The van der Waals surface area contributed by atoms with E-state index in [0.717, 1.165) is 33.8 Å². The number of imidazole rings is 1. The van der Waals surface area contributed by atoms with Crippen molar-refractivity contribution in [3.05, 3.63) is 65.9 Å². The molecule has 0 bridgehead atoms. The van der Waals surface area contributed by atoms with Gasteiger partial charge in [0.05, 0.1) is 30.3 Å². The average molecular weight is 497 g/mol. The zero-order chi connectivity index (χ0) is 25.9. The molecule has 8 nitrogen and oxygen atoms in total. The summed E-state index contributed by atoms with van der Waals surface area (Å²) >= 11 is 0. The first-order valence-electron chi connectivity index (χ1n) is 12.1. The largest absolute Gasteiger partial charge is 0.496 e. The summed E-state index contributed by atoms with van der Waals surface area (Å²) in [6.45, 7) is 2.82. The number of likely N-dealkylation sites (tertiary alicyclic amines) is 1. The Balaban J connectivity index is 1.57. The second-order valence-electron chi connectivity index (χ2n) is 9.72. The van der Waals surface area contributed by atoms with E-state index in [9.17, 15) is 14.4 Å². The number of aromatic nitrogens is 4. The standard InChI is InChI=1S/C28H25FN6O2/c1-28(16-30)10-13-35(28)27(36)26-31-24(17-4-6-19(29)7-5-17)25-20-15-21(22-9-11-33(2)32-22)23(37-3)14-18(20)8-12-34(25)26/h4-7,9,11,14-15H,8,10,12-13H2,1-3H3/t28-/m1/s1. The molecule has 0 N–H and O–H groups in total. The molecular weight excluding hydrogens is 471 g/mol. The summed E-state index contributed by atoms with van der Waals surface area (Å²) in [6, 6.07) is 14.4. The Kier molecular flexibility index (Phi) is 5.16. The maximum absolute atomic E-state index is 13.8. The third-order valence-corrected chi connectivity index (χ3v) is 7.46. The van der Waals surface area contributed by atoms with Gasteiger partial charge in [-0.3, -0.25) is 9.48 Å². The van der Waals surface area contributed by atoms with Crippen molar-refractivity contribution in [1.82, 2.24) is 24.2 Å². The lowest BCUT2D eigenvalue weighted by Gasteiger charge is -2.45. The number of ether oxygens (including phenoxy) is 1. The number of nitrogens with zero attached hydrogens (tertiary/aromatic N) is 6. The van der Waals surface area contributed by atoms with E-state index < -0.39 is 5.54 Å². The van der Waals surface area contributed by atoms with Crippen molar-refractivity contribution in [2.45, 2.75) is 31.8 Å². The molecule has 1 fully saturated rings. The normalized spacial score (nSPS) is 18.0. The average Bonchev–Trinajstić information content (AvgIpc) is 3.51. The third-order valence-electron chi connectivity index (χ3n) is 7.46. The number of halogens is 1. The Morgan fingerprint density at radius 1 is 1.16 bits per heavy atom. The molecule has 0 aliphatic carbocycles. The number of aryl methyl sites for hydroxylation is 2. The van der Waals surface area contributed by atoms with E-state index in [2.05, 4.69) is 11.2 Å². The molecule has 0 saturated carbocycles. The SMILES string of the molecule is COc1cc2c(cc1-c1ccn(C)n1)-c1c(-c3ccc(F)cc3)nc(C(=O)N3CC[C@]3(C)C#N)n1CC2. The summed E-state index contributed by atoms with van der Waals surface area (Å²) in [5.74, 6) is 0.389. The van der Waals surface area contributed by atoms with Gasteiger partial charge >= 0.3 is 0 Å². The van der Waals surface area contributed by atoms with Crippen LogP contribution in [0.3, 0.4) is 0 Å². The summed E-state index contributed by atoms with van der Waals surface area (Å²) in [7, 11) is 3.50. The predicted octanol–water partition coefficient (Wildman–Crippen LogP) is 4.45.